The van der Waals surface area contributed by atoms with Crippen LogP contribution in [0.2, 0.25) is 0 Å². The summed E-state index contributed by atoms with van der Waals surface area (Å²) in [7, 11) is 4.11. The van der Waals surface area contributed by atoms with Crippen molar-refractivity contribution in [2.45, 2.75) is 44.0 Å². The fraction of sp³-hybridized carbons (Fsp3) is 0.458. The molecule has 5 rings (SSSR count). The maximum atomic E-state index is 6.22. The van der Waals surface area contributed by atoms with Crippen molar-refractivity contribution in [3.05, 3.63) is 42.5 Å². The Morgan fingerprint density at radius 3 is 2.47 bits per heavy atom. The first-order valence-corrected chi connectivity index (χ1v) is 11.7. The van der Waals surface area contributed by atoms with Crippen LogP contribution in [0.3, 0.4) is 0 Å². The summed E-state index contributed by atoms with van der Waals surface area (Å²) in [5, 5.41) is 4.44. The van der Waals surface area contributed by atoms with Crippen molar-refractivity contribution in [3.8, 4) is 16.3 Å². The fourth-order valence-electron chi connectivity index (χ4n) is 4.12. The summed E-state index contributed by atoms with van der Waals surface area (Å²) >= 11 is 1.72. The lowest BCUT2D eigenvalue weighted by Crippen LogP contribution is -2.43. The highest BCUT2D eigenvalue weighted by atomic mass is 32.1. The van der Waals surface area contributed by atoms with Gasteiger partial charge in [0.05, 0.1) is 22.4 Å². The molecule has 1 N–H and O–H groups in total. The van der Waals surface area contributed by atoms with Crippen LogP contribution >= 0.6 is 11.3 Å². The summed E-state index contributed by atoms with van der Waals surface area (Å²) in [6.45, 7) is 2.15. The number of rotatable bonds is 6. The number of aromatic nitrogens is 1. The summed E-state index contributed by atoms with van der Waals surface area (Å²) in [6.07, 6.45) is 5.30. The van der Waals surface area contributed by atoms with Gasteiger partial charge in [-0.15, -0.1) is 11.3 Å². The van der Waals surface area contributed by atoms with Gasteiger partial charge in [0.2, 0.25) is 0 Å². The Balaban J connectivity index is 1.20. The van der Waals surface area contributed by atoms with Crippen molar-refractivity contribution in [2.75, 3.05) is 32.1 Å². The lowest BCUT2D eigenvalue weighted by molar-refractivity contribution is -0.103. The van der Waals surface area contributed by atoms with Crippen LogP contribution in [0.25, 0.3) is 20.8 Å². The number of nitrogens with one attached hydrogen (secondary N) is 1. The van der Waals surface area contributed by atoms with E-state index in [0.717, 1.165) is 60.6 Å². The molecule has 1 aliphatic carbocycles. The third-order valence-electron chi connectivity index (χ3n) is 6.02. The molecule has 2 aliphatic rings. The van der Waals surface area contributed by atoms with Gasteiger partial charge in [-0.2, -0.15) is 0 Å². The number of hydrogen-bond acceptors (Lipinski definition) is 6. The molecule has 0 amide bonds. The smallest absolute Gasteiger partial charge is 0.124 e. The van der Waals surface area contributed by atoms with Crippen molar-refractivity contribution >= 4 is 27.2 Å². The predicted octanol–water partition coefficient (Wildman–Crippen LogP) is 4.71. The lowest BCUT2D eigenvalue weighted by Gasteiger charge is -2.38. The predicted molar refractivity (Wildman–Crippen MR) is 124 cm³/mol. The molecule has 1 aliphatic heterocycles. The lowest BCUT2D eigenvalue weighted by atomic mass is 9.91. The van der Waals surface area contributed by atoms with Gasteiger partial charge in [0.25, 0.3) is 0 Å². The third-order valence-corrected chi connectivity index (χ3v) is 7.08. The molecule has 158 valence electrons. The monoisotopic (exact) mass is 423 g/mol. The molecule has 5 nitrogen and oxygen atoms in total. The molecule has 2 fully saturated rings. The molecule has 0 spiro atoms. The van der Waals surface area contributed by atoms with E-state index in [1.165, 1.54) is 10.4 Å². The summed E-state index contributed by atoms with van der Waals surface area (Å²) < 4.78 is 13.6. The minimum atomic E-state index is 0.264. The van der Waals surface area contributed by atoms with Gasteiger partial charge >= 0.3 is 0 Å². The molecular weight excluding hydrogens is 394 g/mol. The first kappa shape index (κ1) is 19.8. The van der Waals surface area contributed by atoms with Gasteiger partial charge in [-0.3, -0.25) is 0 Å². The molecule has 30 heavy (non-hydrogen) atoms. The van der Waals surface area contributed by atoms with Gasteiger partial charge in [0.1, 0.15) is 16.9 Å². The van der Waals surface area contributed by atoms with Gasteiger partial charge in [0.15, 0.2) is 0 Å². The van der Waals surface area contributed by atoms with Gasteiger partial charge in [-0.1, -0.05) is 0 Å². The fourth-order valence-corrected chi connectivity index (χ4v) is 5.12. The zero-order valence-electron chi connectivity index (χ0n) is 17.6. The molecule has 1 saturated heterocycles. The van der Waals surface area contributed by atoms with Crippen molar-refractivity contribution in [3.63, 3.8) is 0 Å². The molecule has 2 heterocycles. The first-order chi connectivity index (χ1) is 14.6. The number of nitrogens with zero attached hydrogens (tertiary/aromatic N) is 2. The van der Waals surface area contributed by atoms with Gasteiger partial charge < -0.3 is 19.7 Å². The Hall–Kier alpha value is -2.15. The standard InChI is InChI=1S/C24H29N3O2S/c1-27(2)17-5-3-16(4-6-17)24-26-22-8-7-19(15-23(22)30-24)29-21-13-20(14-21)28-18-9-11-25-12-10-18/h3-8,15,18,20-21,25H,9-14H2,1-2H3. The normalized spacial score (nSPS) is 22.1. The summed E-state index contributed by atoms with van der Waals surface area (Å²) in [5.41, 5.74) is 3.37. The molecule has 0 bridgehead atoms. The average molecular weight is 424 g/mol. The minimum absolute atomic E-state index is 0.264. The van der Waals surface area contributed by atoms with Crippen LogP contribution in [0.15, 0.2) is 42.5 Å². The van der Waals surface area contributed by atoms with E-state index in [9.17, 15) is 0 Å². The number of ether oxygens (including phenoxy) is 2. The van der Waals surface area contributed by atoms with E-state index >= 15 is 0 Å². The topological polar surface area (TPSA) is 46.6 Å². The van der Waals surface area contributed by atoms with E-state index in [1.807, 2.05) is 6.07 Å². The van der Waals surface area contributed by atoms with E-state index in [1.54, 1.807) is 11.3 Å². The number of hydrogen-bond donors (Lipinski definition) is 1. The molecule has 1 aromatic heterocycles. The van der Waals surface area contributed by atoms with Crippen molar-refractivity contribution in [2.24, 2.45) is 0 Å². The second-order valence-corrected chi connectivity index (χ2v) is 9.54. The molecule has 0 radical (unpaired) electrons. The third kappa shape index (κ3) is 4.31. The Labute approximate surface area is 182 Å². The van der Waals surface area contributed by atoms with E-state index in [2.05, 4.69) is 60.7 Å². The maximum Gasteiger partial charge on any atom is 0.124 e. The Morgan fingerprint density at radius 1 is 0.967 bits per heavy atom. The number of benzene rings is 2. The van der Waals surface area contributed by atoms with E-state index in [0.29, 0.717) is 12.2 Å². The second-order valence-electron chi connectivity index (χ2n) is 8.51. The van der Waals surface area contributed by atoms with E-state index < -0.39 is 0 Å². The summed E-state index contributed by atoms with van der Waals surface area (Å²) in [6, 6.07) is 14.8. The molecule has 0 atom stereocenters. The molecule has 0 unspecified atom stereocenters. The molecular formula is C24H29N3O2S. The van der Waals surface area contributed by atoms with Crippen molar-refractivity contribution in [1.82, 2.24) is 10.3 Å². The van der Waals surface area contributed by atoms with Crippen LogP contribution in [-0.2, 0) is 4.74 Å². The average Bonchev–Trinajstić information content (AvgIpc) is 3.16. The van der Waals surface area contributed by atoms with Crippen LogP contribution < -0.4 is 15.0 Å². The van der Waals surface area contributed by atoms with Crippen LogP contribution in [0, 0.1) is 0 Å². The number of piperidine rings is 1. The van der Waals surface area contributed by atoms with Crippen LogP contribution in [0.5, 0.6) is 5.75 Å². The number of anilines is 1. The molecule has 6 heteroatoms. The Bertz CT molecular complexity index is 989. The van der Waals surface area contributed by atoms with E-state index in [4.69, 9.17) is 14.5 Å². The molecule has 1 saturated carbocycles. The van der Waals surface area contributed by atoms with Gasteiger partial charge in [-0.05, 0) is 68.4 Å². The first-order valence-electron chi connectivity index (χ1n) is 10.9. The van der Waals surface area contributed by atoms with Crippen LogP contribution in [-0.4, -0.2) is 50.5 Å². The quantitative estimate of drug-likeness (QED) is 0.622. The van der Waals surface area contributed by atoms with Gasteiger partial charge in [0, 0.05) is 38.2 Å². The summed E-state index contributed by atoms with van der Waals surface area (Å²) in [5.74, 6) is 0.936. The zero-order valence-corrected chi connectivity index (χ0v) is 18.5. The number of thiazole rings is 1. The summed E-state index contributed by atoms with van der Waals surface area (Å²) in [4.78, 5) is 6.92. The second kappa shape index (κ2) is 8.53. The maximum absolute atomic E-state index is 6.22. The van der Waals surface area contributed by atoms with Crippen molar-refractivity contribution in [1.29, 1.82) is 0 Å². The van der Waals surface area contributed by atoms with Crippen LogP contribution in [0.1, 0.15) is 25.7 Å². The van der Waals surface area contributed by atoms with Crippen molar-refractivity contribution < 1.29 is 9.47 Å². The minimum Gasteiger partial charge on any atom is -0.490 e. The largest absolute Gasteiger partial charge is 0.490 e. The molecule has 3 aromatic rings. The highest BCUT2D eigenvalue weighted by molar-refractivity contribution is 7.21. The Morgan fingerprint density at radius 2 is 1.73 bits per heavy atom. The van der Waals surface area contributed by atoms with Gasteiger partial charge in [-0.25, -0.2) is 4.98 Å². The van der Waals surface area contributed by atoms with Crippen LogP contribution in [0.4, 0.5) is 5.69 Å². The molecule has 2 aromatic carbocycles. The highest BCUT2D eigenvalue weighted by Gasteiger charge is 2.34. The SMILES string of the molecule is CN(C)c1ccc(-c2nc3ccc(OC4CC(OC5CCNCC5)C4)cc3s2)cc1. The zero-order chi connectivity index (χ0) is 20.5. The highest BCUT2D eigenvalue weighted by Crippen LogP contribution is 2.35. The van der Waals surface area contributed by atoms with E-state index in [-0.39, 0.29) is 6.10 Å². The Kier molecular flexibility index (Phi) is 5.63. The number of fused-ring (bicyclic) bond motifs is 1.